The maximum Gasteiger partial charge on any atom is 0.419 e. The van der Waals surface area contributed by atoms with Crippen LogP contribution in [0.5, 0.6) is 0 Å². The number of thiophene rings is 1. The molecule has 1 aromatic heterocycles. The van der Waals surface area contributed by atoms with Gasteiger partial charge in [0.15, 0.2) is 0 Å². The van der Waals surface area contributed by atoms with Crippen molar-refractivity contribution in [3.05, 3.63) is 45.4 Å². The summed E-state index contributed by atoms with van der Waals surface area (Å²) >= 11 is 10.2. The van der Waals surface area contributed by atoms with Gasteiger partial charge in [0, 0.05) is 24.6 Å². The van der Waals surface area contributed by atoms with Crippen LogP contribution in [0.15, 0.2) is 34.8 Å². The molecule has 0 radical (unpaired) electrons. The second-order valence-electron chi connectivity index (χ2n) is 4.04. The summed E-state index contributed by atoms with van der Waals surface area (Å²) in [7, 11) is 0. The van der Waals surface area contributed by atoms with Crippen molar-refractivity contribution in [1.29, 1.82) is 0 Å². The third kappa shape index (κ3) is 2.14. The fourth-order valence-corrected chi connectivity index (χ4v) is 4.20. The maximum atomic E-state index is 13.1. The highest BCUT2D eigenvalue weighted by molar-refractivity contribution is 9.10. The van der Waals surface area contributed by atoms with Crippen LogP contribution in [0.3, 0.4) is 0 Å². The molecule has 19 heavy (non-hydrogen) atoms. The van der Waals surface area contributed by atoms with Gasteiger partial charge in [0.2, 0.25) is 0 Å². The first-order valence-corrected chi connectivity index (χ1v) is 7.24. The topological polar surface area (TPSA) is 0 Å². The molecular weight excluding hydrogens is 361 g/mol. The molecule has 0 unspecified atom stereocenters. The summed E-state index contributed by atoms with van der Waals surface area (Å²) in [5.74, 6) is 0. The second-order valence-corrected chi connectivity index (χ2v) is 6.41. The van der Waals surface area contributed by atoms with Crippen LogP contribution in [0, 0.1) is 0 Å². The summed E-state index contributed by atoms with van der Waals surface area (Å²) in [6.45, 7) is 0. The lowest BCUT2D eigenvalue weighted by Crippen LogP contribution is -2.05. The van der Waals surface area contributed by atoms with Gasteiger partial charge in [-0.2, -0.15) is 13.2 Å². The van der Waals surface area contributed by atoms with Crippen molar-refractivity contribution in [3.63, 3.8) is 0 Å². The van der Waals surface area contributed by atoms with E-state index in [1.807, 2.05) is 18.2 Å². The van der Waals surface area contributed by atoms with Crippen LogP contribution in [0.25, 0.3) is 20.2 Å². The number of benzene rings is 2. The van der Waals surface area contributed by atoms with Crippen molar-refractivity contribution in [3.8, 4) is 0 Å². The quantitative estimate of drug-likeness (QED) is 0.427. The van der Waals surface area contributed by atoms with Gasteiger partial charge in [-0.3, -0.25) is 0 Å². The molecule has 0 bridgehead atoms. The van der Waals surface area contributed by atoms with Crippen LogP contribution < -0.4 is 0 Å². The molecule has 2 aromatic carbocycles. The molecule has 0 nitrogen and oxygen atoms in total. The third-order valence-corrected chi connectivity index (χ3v) is 4.83. The third-order valence-electron chi connectivity index (χ3n) is 2.84. The van der Waals surface area contributed by atoms with E-state index < -0.39 is 11.7 Å². The highest BCUT2D eigenvalue weighted by Gasteiger charge is 2.36. The Labute approximate surface area is 123 Å². The lowest BCUT2D eigenvalue weighted by Gasteiger charge is -2.09. The lowest BCUT2D eigenvalue weighted by atomic mass is 10.1. The van der Waals surface area contributed by atoms with E-state index in [9.17, 15) is 13.2 Å². The molecule has 0 spiro atoms. The number of hydrogen-bond donors (Lipinski definition) is 0. The molecule has 98 valence electrons. The van der Waals surface area contributed by atoms with Gasteiger partial charge in [0.1, 0.15) is 0 Å². The SMILES string of the molecule is FC(F)(F)c1c(Cl)ccc2c1sc1cc(Br)ccc12. The zero-order valence-corrected chi connectivity index (χ0v) is 12.3. The summed E-state index contributed by atoms with van der Waals surface area (Å²) < 4.78 is 41.1. The highest BCUT2D eigenvalue weighted by Crippen LogP contribution is 2.45. The molecule has 0 fully saturated rings. The van der Waals surface area contributed by atoms with E-state index in [-0.39, 0.29) is 9.72 Å². The van der Waals surface area contributed by atoms with Gasteiger partial charge in [-0.25, -0.2) is 0 Å². The molecule has 6 heteroatoms. The largest absolute Gasteiger partial charge is 0.419 e. The number of alkyl halides is 3. The van der Waals surface area contributed by atoms with Crippen LogP contribution in [0.4, 0.5) is 13.2 Å². The first-order chi connectivity index (χ1) is 8.88. The number of rotatable bonds is 0. The minimum atomic E-state index is -4.45. The minimum Gasteiger partial charge on any atom is -0.166 e. The highest BCUT2D eigenvalue weighted by atomic mass is 79.9. The maximum absolute atomic E-state index is 13.1. The molecule has 0 amide bonds. The van der Waals surface area contributed by atoms with Gasteiger partial charge in [0.25, 0.3) is 0 Å². The minimum absolute atomic E-state index is 0.188. The zero-order chi connectivity index (χ0) is 13.8. The Morgan fingerprint density at radius 1 is 1.05 bits per heavy atom. The molecule has 0 saturated carbocycles. The Morgan fingerprint density at radius 3 is 2.42 bits per heavy atom. The van der Waals surface area contributed by atoms with E-state index in [0.29, 0.717) is 5.39 Å². The van der Waals surface area contributed by atoms with E-state index in [1.165, 1.54) is 6.07 Å². The summed E-state index contributed by atoms with van der Waals surface area (Å²) in [6, 6.07) is 8.39. The molecule has 3 aromatic rings. The van der Waals surface area contributed by atoms with Crippen LogP contribution in [-0.2, 0) is 6.18 Å². The average molecular weight is 366 g/mol. The molecule has 3 rings (SSSR count). The van der Waals surface area contributed by atoms with Crippen LogP contribution in [0.2, 0.25) is 5.02 Å². The zero-order valence-electron chi connectivity index (χ0n) is 9.18. The predicted octanol–water partition coefficient (Wildman–Crippen LogP) is 6.49. The summed E-state index contributed by atoms with van der Waals surface area (Å²) in [5, 5.41) is 1.14. The first kappa shape index (κ1) is 13.2. The summed E-state index contributed by atoms with van der Waals surface area (Å²) in [6.07, 6.45) is -4.45. The van der Waals surface area contributed by atoms with Crippen molar-refractivity contribution < 1.29 is 13.2 Å². The van der Waals surface area contributed by atoms with Crippen molar-refractivity contribution in [2.45, 2.75) is 6.18 Å². The Bertz CT molecular complexity index is 792. The number of halogens is 5. The lowest BCUT2D eigenvalue weighted by molar-refractivity contribution is -0.136. The second kappa shape index (κ2) is 4.36. The predicted molar refractivity (Wildman–Crippen MR) is 77.0 cm³/mol. The molecule has 0 N–H and O–H groups in total. The normalized spacial score (nSPS) is 12.5. The summed E-state index contributed by atoms with van der Waals surface area (Å²) in [5.41, 5.74) is -0.746. The average Bonchev–Trinajstić information content (AvgIpc) is 2.63. The monoisotopic (exact) mass is 364 g/mol. The molecule has 0 saturated heterocycles. The Balaban J connectivity index is 2.50. The first-order valence-electron chi connectivity index (χ1n) is 5.25. The molecule has 0 atom stereocenters. The van der Waals surface area contributed by atoms with E-state index in [0.717, 1.165) is 25.9 Å². The van der Waals surface area contributed by atoms with Crippen LogP contribution in [-0.4, -0.2) is 0 Å². The van der Waals surface area contributed by atoms with Gasteiger partial charge >= 0.3 is 6.18 Å². The van der Waals surface area contributed by atoms with Crippen molar-refractivity contribution in [2.24, 2.45) is 0 Å². The van der Waals surface area contributed by atoms with E-state index in [4.69, 9.17) is 11.6 Å². The summed E-state index contributed by atoms with van der Waals surface area (Å²) in [4.78, 5) is 0. The Morgan fingerprint density at radius 2 is 1.74 bits per heavy atom. The van der Waals surface area contributed by atoms with Crippen molar-refractivity contribution in [1.82, 2.24) is 0 Å². The van der Waals surface area contributed by atoms with Crippen molar-refractivity contribution in [2.75, 3.05) is 0 Å². The Hall–Kier alpha value is -0.780. The molecule has 0 aliphatic rings. The van der Waals surface area contributed by atoms with E-state index >= 15 is 0 Å². The number of fused-ring (bicyclic) bond motifs is 3. The van der Waals surface area contributed by atoms with E-state index in [1.54, 1.807) is 6.07 Å². The van der Waals surface area contributed by atoms with Crippen LogP contribution >= 0.6 is 38.9 Å². The van der Waals surface area contributed by atoms with Crippen molar-refractivity contribution >= 4 is 59.0 Å². The molecule has 1 heterocycles. The fraction of sp³-hybridized carbons (Fsp3) is 0.0769. The van der Waals surface area contributed by atoms with Gasteiger partial charge in [0.05, 0.1) is 10.6 Å². The van der Waals surface area contributed by atoms with Gasteiger partial charge in [-0.1, -0.05) is 39.7 Å². The number of hydrogen-bond acceptors (Lipinski definition) is 1. The molecular formula is C13H5BrClF3S. The fourth-order valence-electron chi connectivity index (χ4n) is 2.05. The van der Waals surface area contributed by atoms with Gasteiger partial charge in [-0.05, 0) is 18.2 Å². The smallest absolute Gasteiger partial charge is 0.166 e. The van der Waals surface area contributed by atoms with E-state index in [2.05, 4.69) is 15.9 Å². The molecule has 0 aliphatic heterocycles. The standard InChI is InChI=1S/C13H5BrClF3S/c14-6-1-2-7-8-3-4-9(15)11(13(16,17)18)12(8)19-10(7)5-6/h1-5H. The van der Waals surface area contributed by atoms with Crippen LogP contribution in [0.1, 0.15) is 5.56 Å². The van der Waals surface area contributed by atoms with Gasteiger partial charge in [-0.15, -0.1) is 11.3 Å². The molecule has 0 aliphatic carbocycles. The Kier molecular flexibility index (Phi) is 3.04. The van der Waals surface area contributed by atoms with Gasteiger partial charge < -0.3 is 0 Å².